The van der Waals surface area contributed by atoms with Crippen LogP contribution in [0.15, 0.2) is 12.1 Å². The first kappa shape index (κ1) is 9.56. The maximum absolute atomic E-state index is 2.43. The molecule has 0 atom stereocenters. The fourth-order valence-electron chi connectivity index (χ4n) is 1.90. The summed E-state index contributed by atoms with van der Waals surface area (Å²) in [6.07, 6.45) is 0. The molecule has 0 bridgehead atoms. The zero-order valence-electron chi connectivity index (χ0n) is 8.68. The molecule has 1 aliphatic rings. The SMILES string of the molecule is CC[Te+]1Cc2cc(C)c(C)cc2C1. The molecule has 0 saturated heterocycles. The van der Waals surface area contributed by atoms with Crippen LogP contribution in [0, 0.1) is 13.8 Å². The van der Waals surface area contributed by atoms with Crippen LogP contribution in [0.5, 0.6) is 0 Å². The van der Waals surface area contributed by atoms with Gasteiger partial charge < -0.3 is 0 Å². The molecule has 1 aromatic rings. The van der Waals surface area contributed by atoms with E-state index in [9.17, 15) is 0 Å². The van der Waals surface area contributed by atoms with Gasteiger partial charge in [0, 0.05) is 0 Å². The maximum atomic E-state index is 2.43. The molecular weight excluding hydrogens is 272 g/mol. The van der Waals surface area contributed by atoms with Gasteiger partial charge in [-0.3, -0.25) is 0 Å². The molecule has 0 spiro atoms. The van der Waals surface area contributed by atoms with Crippen molar-refractivity contribution in [2.75, 3.05) is 0 Å². The Morgan fingerprint density at radius 2 is 1.54 bits per heavy atom. The molecule has 1 aliphatic heterocycles. The summed E-state index contributed by atoms with van der Waals surface area (Å²) in [5, 5.41) is 0. The summed E-state index contributed by atoms with van der Waals surface area (Å²) in [5.74, 6) is 0. The molecule has 0 N–H and O–H groups in total. The van der Waals surface area contributed by atoms with Crippen molar-refractivity contribution in [3.8, 4) is 0 Å². The van der Waals surface area contributed by atoms with E-state index in [2.05, 4.69) is 32.9 Å². The monoisotopic (exact) mass is 291 g/mol. The van der Waals surface area contributed by atoms with Gasteiger partial charge in [0.2, 0.25) is 0 Å². The number of benzene rings is 1. The normalized spacial score (nSPS) is 16.2. The van der Waals surface area contributed by atoms with Crippen LogP contribution in [0.1, 0.15) is 29.2 Å². The zero-order chi connectivity index (χ0) is 9.42. The molecule has 2 rings (SSSR count). The van der Waals surface area contributed by atoms with E-state index in [-0.39, 0.29) is 0 Å². The summed E-state index contributed by atoms with van der Waals surface area (Å²) in [7, 11) is 0. The summed E-state index contributed by atoms with van der Waals surface area (Å²) in [5.41, 5.74) is 6.33. The van der Waals surface area contributed by atoms with E-state index in [0.29, 0.717) is 0 Å². The van der Waals surface area contributed by atoms with Gasteiger partial charge in [0.15, 0.2) is 0 Å². The minimum atomic E-state index is -0.681. The molecular formula is C12H17Te+. The van der Waals surface area contributed by atoms with Gasteiger partial charge in [-0.1, -0.05) is 0 Å². The predicted octanol–water partition coefficient (Wildman–Crippen LogP) is 3.00. The first-order valence-electron chi connectivity index (χ1n) is 4.93. The third kappa shape index (κ3) is 1.78. The van der Waals surface area contributed by atoms with Gasteiger partial charge in [-0.25, -0.2) is 0 Å². The van der Waals surface area contributed by atoms with Crippen LogP contribution in [0.2, 0.25) is 4.47 Å². The fraction of sp³-hybridized carbons (Fsp3) is 0.500. The minimum absolute atomic E-state index is 0.681. The van der Waals surface area contributed by atoms with Crippen LogP contribution in [0.4, 0.5) is 0 Å². The fourth-order valence-corrected chi connectivity index (χ4v) is 7.40. The van der Waals surface area contributed by atoms with Crippen molar-refractivity contribution >= 4 is 19.6 Å². The number of fused-ring (bicyclic) bond motifs is 1. The third-order valence-corrected chi connectivity index (χ3v) is 9.38. The molecule has 0 aliphatic carbocycles. The van der Waals surface area contributed by atoms with Crippen LogP contribution >= 0.6 is 0 Å². The van der Waals surface area contributed by atoms with Crippen molar-refractivity contribution in [2.24, 2.45) is 0 Å². The van der Waals surface area contributed by atoms with Crippen molar-refractivity contribution in [2.45, 2.75) is 34.2 Å². The van der Waals surface area contributed by atoms with Crippen LogP contribution in [0.3, 0.4) is 0 Å². The van der Waals surface area contributed by atoms with E-state index in [1.807, 2.05) is 0 Å². The molecule has 0 nitrogen and oxygen atoms in total. The quantitative estimate of drug-likeness (QED) is 0.697. The Labute approximate surface area is 88.0 Å². The van der Waals surface area contributed by atoms with E-state index in [1.54, 1.807) is 11.1 Å². The second-order valence-corrected chi connectivity index (χ2v) is 10.7. The Balaban J connectivity index is 2.36. The van der Waals surface area contributed by atoms with Gasteiger partial charge in [-0.05, 0) is 0 Å². The third-order valence-electron chi connectivity index (χ3n) is 2.94. The molecule has 0 radical (unpaired) electrons. The van der Waals surface area contributed by atoms with Gasteiger partial charge in [0.1, 0.15) is 0 Å². The zero-order valence-corrected chi connectivity index (χ0v) is 11.0. The Kier molecular flexibility index (Phi) is 2.67. The van der Waals surface area contributed by atoms with Gasteiger partial charge in [0.25, 0.3) is 0 Å². The predicted molar refractivity (Wildman–Crippen MR) is 59.6 cm³/mol. The van der Waals surface area contributed by atoms with Crippen LogP contribution < -0.4 is 0 Å². The van der Waals surface area contributed by atoms with Crippen molar-refractivity contribution in [1.82, 2.24) is 0 Å². The number of hydrogen-bond donors (Lipinski definition) is 0. The van der Waals surface area contributed by atoms with Crippen molar-refractivity contribution in [3.63, 3.8) is 0 Å². The molecule has 0 saturated carbocycles. The average molecular weight is 289 g/mol. The molecule has 0 aromatic heterocycles. The number of rotatable bonds is 1. The Morgan fingerprint density at radius 1 is 1.08 bits per heavy atom. The molecule has 13 heavy (non-hydrogen) atoms. The summed E-state index contributed by atoms with van der Waals surface area (Å²) < 4.78 is 4.46. The number of hydrogen-bond acceptors (Lipinski definition) is 0. The van der Waals surface area contributed by atoms with Crippen molar-refractivity contribution in [1.29, 1.82) is 0 Å². The summed E-state index contributed by atoms with van der Waals surface area (Å²) in [6.45, 7) is 6.85. The van der Waals surface area contributed by atoms with Crippen LogP contribution in [-0.2, 0) is 8.94 Å². The number of aryl methyl sites for hydroxylation is 2. The molecule has 0 fully saturated rings. The molecule has 70 valence electrons. The standard InChI is InChI=1S/C12H17Te/c1-4-13-7-11-5-9(2)10(3)6-12(11)8-13/h5-6H,4,7-8H2,1-3H3/q+1. The average Bonchev–Trinajstić information content (AvgIpc) is 2.48. The molecule has 1 heterocycles. The van der Waals surface area contributed by atoms with Crippen molar-refractivity contribution in [3.05, 3.63) is 34.4 Å². The topological polar surface area (TPSA) is 0 Å². The van der Waals surface area contributed by atoms with Gasteiger partial charge >= 0.3 is 88.1 Å². The van der Waals surface area contributed by atoms with E-state index < -0.39 is 19.6 Å². The van der Waals surface area contributed by atoms with Gasteiger partial charge in [0.05, 0.1) is 0 Å². The molecule has 1 heteroatoms. The first-order valence-corrected chi connectivity index (χ1v) is 9.88. The Hall–Kier alpha value is 0.00961. The van der Waals surface area contributed by atoms with Crippen molar-refractivity contribution < 1.29 is 0 Å². The van der Waals surface area contributed by atoms with E-state index in [0.717, 1.165) is 0 Å². The summed E-state index contributed by atoms with van der Waals surface area (Å²) in [6, 6.07) is 4.86. The molecule has 0 amide bonds. The van der Waals surface area contributed by atoms with E-state index in [1.165, 1.54) is 24.5 Å². The molecule has 1 aromatic carbocycles. The second-order valence-electron chi connectivity index (χ2n) is 3.89. The van der Waals surface area contributed by atoms with Crippen LogP contribution in [0.25, 0.3) is 0 Å². The summed E-state index contributed by atoms with van der Waals surface area (Å²) >= 11 is -0.681. The molecule has 0 unspecified atom stereocenters. The second kappa shape index (κ2) is 3.64. The van der Waals surface area contributed by atoms with E-state index >= 15 is 0 Å². The van der Waals surface area contributed by atoms with Gasteiger partial charge in [-0.2, -0.15) is 0 Å². The van der Waals surface area contributed by atoms with Gasteiger partial charge in [-0.15, -0.1) is 0 Å². The first-order chi connectivity index (χ1) is 6.20. The Bertz CT molecular complexity index is 297. The summed E-state index contributed by atoms with van der Waals surface area (Å²) in [4.78, 5) is 0. The van der Waals surface area contributed by atoms with E-state index in [4.69, 9.17) is 0 Å². The van der Waals surface area contributed by atoms with Crippen LogP contribution in [-0.4, -0.2) is 19.6 Å². The Morgan fingerprint density at radius 3 is 1.92 bits per heavy atom.